The smallest absolute Gasteiger partial charge is 0.0361 e. The number of hydrogen-bond donors (Lipinski definition) is 0. The lowest BCUT2D eigenvalue weighted by atomic mass is 9.78. The van der Waals surface area contributed by atoms with Gasteiger partial charge in [0.1, 0.15) is 0 Å². The molecule has 0 fully saturated rings. The number of anilines is 1. The number of rotatable bonds is 3. The van der Waals surface area contributed by atoms with E-state index in [0.717, 1.165) is 0 Å². The first-order chi connectivity index (χ1) is 10.9. The number of hydrogen-bond acceptors (Lipinski definition) is 1. The molecule has 0 radical (unpaired) electrons. The molecule has 0 aromatic heterocycles. The third kappa shape index (κ3) is 5.74. The molecule has 1 heteroatoms. The molecule has 0 atom stereocenters. The van der Waals surface area contributed by atoms with Crippen molar-refractivity contribution in [3.05, 3.63) is 65.2 Å². The fourth-order valence-corrected chi connectivity index (χ4v) is 2.31. The number of benzene rings is 2. The largest absolute Gasteiger partial charge is 0.378 e. The maximum Gasteiger partial charge on any atom is 0.0361 e. The summed E-state index contributed by atoms with van der Waals surface area (Å²) in [4.78, 5) is 2.13. The molecule has 0 amide bonds. The summed E-state index contributed by atoms with van der Waals surface area (Å²) in [6.07, 6.45) is 0. The van der Waals surface area contributed by atoms with Crippen molar-refractivity contribution in [2.45, 2.75) is 53.9 Å². The molecule has 128 valence electrons. The molecule has 0 saturated carbocycles. The van der Waals surface area contributed by atoms with Gasteiger partial charge in [-0.25, -0.2) is 0 Å². The highest BCUT2D eigenvalue weighted by molar-refractivity contribution is 5.49. The molecular weight excluding hydrogens is 278 g/mol. The summed E-state index contributed by atoms with van der Waals surface area (Å²) in [5, 5.41) is 0. The molecule has 0 aliphatic carbocycles. The van der Waals surface area contributed by atoms with Gasteiger partial charge >= 0.3 is 0 Å². The van der Waals surface area contributed by atoms with Crippen LogP contribution >= 0.6 is 0 Å². The van der Waals surface area contributed by atoms with Crippen LogP contribution in [-0.4, -0.2) is 14.1 Å². The average molecular weight is 314 g/mol. The van der Waals surface area contributed by atoms with E-state index in [1.807, 2.05) is 27.7 Å². The molecule has 2 rings (SSSR count). The minimum atomic E-state index is 0.0402. The Labute approximate surface area is 144 Å². The molecular formula is C22H35N. The van der Waals surface area contributed by atoms with E-state index in [2.05, 4.69) is 88.3 Å². The van der Waals surface area contributed by atoms with E-state index < -0.39 is 0 Å². The summed E-state index contributed by atoms with van der Waals surface area (Å²) in [6, 6.07) is 17.7. The summed E-state index contributed by atoms with van der Waals surface area (Å²) in [7, 11) is 4.14. The Balaban J connectivity index is 0.00000112. The van der Waals surface area contributed by atoms with Gasteiger partial charge in [-0.3, -0.25) is 0 Å². The first-order valence-electron chi connectivity index (χ1n) is 8.76. The van der Waals surface area contributed by atoms with Crippen molar-refractivity contribution in [3.8, 4) is 0 Å². The molecule has 0 aliphatic heterocycles. The molecule has 0 saturated heterocycles. The van der Waals surface area contributed by atoms with E-state index in [0.29, 0.717) is 0 Å². The fraction of sp³-hybridized carbons (Fsp3) is 0.455. The van der Waals surface area contributed by atoms with Gasteiger partial charge in [0, 0.05) is 25.2 Å². The lowest BCUT2D eigenvalue weighted by Crippen LogP contribution is -2.19. The van der Waals surface area contributed by atoms with Crippen LogP contribution in [0.2, 0.25) is 0 Å². The second-order valence-electron chi connectivity index (χ2n) is 5.93. The fourth-order valence-electron chi connectivity index (χ4n) is 2.31. The van der Waals surface area contributed by atoms with E-state index in [-0.39, 0.29) is 5.41 Å². The Hall–Kier alpha value is -1.76. The molecule has 0 heterocycles. The SMILES string of the molecule is CC.CC.Cc1ccc(C(C)(C)c2ccc(N(C)C)cc2)cc1. The van der Waals surface area contributed by atoms with E-state index in [1.54, 1.807) is 0 Å². The van der Waals surface area contributed by atoms with Crippen molar-refractivity contribution in [3.63, 3.8) is 0 Å². The average Bonchev–Trinajstić information content (AvgIpc) is 2.59. The van der Waals surface area contributed by atoms with Crippen molar-refractivity contribution < 1.29 is 0 Å². The topological polar surface area (TPSA) is 3.24 Å². The minimum Gasteiger partial charge on any atom is -0.378 e. The van der Waals surface area contributed by atoms with Crippen molar-refractivity contribution >= 4 is 5.69 Å². The number of aryl methyl sites for hydroxylation is 1. The van der Waals surface area contributed by atoms with Crippen molar-refractivity contribution in [2.24, 2.45) is 0 Å². The highest BCUT2D eigenvalue weighted by Crippen LogP contribution is 2.32. The normalized spacial score (nSPS) is 9.96. The molecule has 1 nitrogen and oxygen atoms in total. The molecule has 0 unspecified atom stereocenters. The minimum absolute atomic E-state index is 0.0402. The predicted octanol–water partition coefficient (Wildman–Crippen LogP) is 6.44. The lowest BCUT2D eigenvalue weighted by Gasteiger charge is -2.27. The summed E-state index contributed by atoms with van der Waals surface area (Å²) in [5.41, 5.74) is 5.29. The van der Waals surface area contributed by atoms with Crippen LogP contribution in [0, 0.1) is 6.92 Å². The molecule has 23 heavy (non-hydrogen) atoms. The Bertz CT molecular complexity index is 533. The first-order valence-corrected chi connectivity index (χ1v) is 8.76. The van der Waals surface area contributed by atoms with Crippen molar-refractivity contribution in [1.82, 2.24) is 0 Å². The van der Waals surface area contributed by atoms with Crippen LogP contribution in [0.25, 0.3) is 0 Å². The quantitative estimate of drug-likeness (QED) is 0.630. The molecule has 0 bridgehead atoms. The van der Waals surface area contributed by atoms with Gasteiger partial charge in [-0.1, -0.05) is 83.5 Å². The van der Waals surface area contributed by atoms with Crippen LogP contribution in [-0.2, 0) is 5.41 Å². The van der Waals surface area contributed by atoms with E-state index in [4.69, 9.17) is 0 Å². The predicted molar refractivity (Wildman–Crippen MR) is 107 cm³/mol. The van der Waals surface area contributed by atoms with Gasteiger partial charge in [0.15, 0.2) is 0 Å². The van der Waals surface area contributed by atoms with Crippen molar-refractivity contribution in [1.29, 1.82) is 0 Å². The van der Waals surface area contributed by atoms with E-state index >= 15 is 0 Å². The zero-order valence-corrected chi connectivity index (χ0v) is 16.6. The second kappa shape index (κ2) is 10.1. The Morgan fingerprint density at radius 2 is 1.00 bits per heavy atom. The summed E-state index contributed by atoms with van der Waals surface area (Å²) in [5.74, 6) is 0. The van der Waals surface area contributed by atoms with Gasteiger partial charge in [0.2, 0.25) is 0 Å². The molecule has 2 aromatic rings. The Morgan fingerprint density at radius 1 is 0.652 bits per heavy atom. The van der Waals surface area contributed by atoms with Gasteiger partial charge in [-0.05, 0) is 30.2 Å². The van der Waals surface area contributed by atoms with Crippen LogP contribution in [0.15, 0.2) is 48.5 Å². The van der Waals surface area contributed by atoms with Gasteiger partial charge in [-0.15, -0.1) is 0 Å². The maximum absolute atomic E-state index is 2.28. The summed E-state index contributed by atoms with van der Waals surface area (Å²) in [6.45, 7) is 14.7. The zero-order chi connectivity index (χ0) is 18.0. The van der Waals surface area contributed by atoms with Crippen LogP contribution in [0.4, 0.5) is 5.69 Å². The summed E-state index contributed by atoms with van der Waals surface area (Å²) >= 11 is 0. The van der Waals surface area contributed by atoms with Gasteiger partial charge < -0.3 is 4.90 Å². The standard InChI is InChI=1S/C18H23N.2C2H6/c1-14-6-8-15(9-7-14)18(2,3)16-10-12-17(13-11-16)19(4)5;2*1-2/h6-13H,1-5H3;2*1-2H3. The molecule has 0 spiro atoms. The van der Waals surface area contributed by atoms with Crippen LogP contribution in [0.3, 0.4) is 0 Å². The molecule has 0 N–H and O–H groups in total. The van der Waals surface area contributed by atoms with Crippen LogP contribution in [0.5, 0.6) is 0 Å². The Morgan fingerprint density at radius 3 is 1.35 bits per heavy atom. The van der Waals surface area contributed by atoms with Crippen LogP contribution < -0.4 is 4.90 Å². The lowest BCUT2D eigenvalue weighted by molar-refractivity contribution is 0.640. The monoisotopic (exact) mass is 313 g/mol. The van der Waals surface area contributed by atoms with Crippen molar-refractivity contribution in [2.75, 3.05) is 19.0 Å². The van der Waals surface area contributed by atoms with Gasteiger partial charge in [0.25, 0.3) is 0 Å². The van der Waals surface area contributed by atoms with Gasteiger partial charge in [0.05, 0.1) is 0 Å². The van der Waals surface area contributed by atoms with E-state index in [9.17, 15) is 0 Å². The van der Waals surface area contributed by atoms with Crippen LogP contribution in [0.1, 0.15) is 58.2 Å². The summed E-state index contributed by atoms with van der Waals surface area (Å²) < 4.78 is 0. The second-order valence-corrected chi connectivity index (χ2v) is 5.93. The highest BCUT2D eigenvalue weighted by Gasteiger charge is 2.22. The first kappa shape index (κ1) is 21.2. The third-order valence-electron chi connectivity index (χ3n) is 3.88. The van der Waals surface area contributed by atoms with E-state index in [1.165, 1.54) is 22.4 Å². The molecule has 0 aliphatic rings. The Kier molecular flexibility index (Phi) is 9.32. The highest BCUT2D eigenvalue weighted by atomic mass is 15.1. The number of nitrogens with zero attached hydrogens (tertiary/aromatic N) is 1. The van der Waals surface area contributed by atoms with Gasteiger partial charge in [-0.2, -0.15) is 0 Å². The zero-order valence-electron chi connectivity index (χ0n) is 16.6. The molecule has 2 aromatic carbocycles. The third-order valence-corrected chi connectivity index (χ3v) is 3.88. The maximum atomic E-state index is 2.28.